The van der Waals surface area contributed by atoms with E-state index >= 15 is 0 Å². The maximum atomic E-state index is 5.21. The van der Waals surface area contributed by atoms with Gasteiger partial charge in [0.05, 0.1) is 6.61 Å². The van der Waals surface area contributed by atoms with E-state index in [-0.39, 0.29) is 0 Å². The monoisotopic (exact) mass is 132 g/mol. The molecular formula is C6H16N2O. The fourth-order valence-corrected chi connectivity index (χ4v) is 0.639. The van der Waals surface area contributed by atoms with Crippen LogP contribution in [0.5, 0.6) is 0 Å². The standard InChI is InChI=1S/C6H16N2O/c1-5-8(7(3)4)9-6-2/h5-6H2,1-4H3. The van der Waals surface area contributed by atoms with Crippen molar-refractivity contribution in [3.05, 3.63) is 0 Å². The molecule has 3 nitrogen and oxygen atoms in total. The molecular weight excluding hydrogens is 116 g/mol. The zero-order chi connectivity index (χ0) is 7.28. The molecule has 9 heavy (non-hydrogen) atoms. The Balaban J connectivity index is 3.41. The largest absolute Gasteiger partial charge is 0.284 e. The summed E-state index contributed by atoms with van der Waals surface area (Å²) in [6, 6.07) is 0. The first-order valence-electron chi connectivity index (χ1n) is 3.30. The first-order chi connectivity index (χ1) is 4.22. The van der Waals surface area contributed by atoms with E-state index in [2.05, 4.69) is 6.92 Å². The SMILES string of the molecule is CCON(CC)N(C)C. The first kappa shape index (κ1) is 8.88. The summed E-state index contributed by atoms with van der Waals surface area (Å²) in [5.74, 6) is 0. The number of rotatable bonds is 4. The second-order valence-corrected chi connectivity index (χ2v) is 1.93. The number of hydroxylamine groups is 1. The van der Waals surface area contributed by atoms with Crippen LogP contribution in [0.1, 0.15) is 13.8 Å². The molecule has 0 radical (unpaired) electrons. The van der Waals surface area contributed by atoms with Crippen LogP contribution in [0, 0.1) is 0 Å². The highest BCUT2D eigenvalue weighted by Crippen LogP contribution is 1.90. The van der Waals surface area contributed by atoms with Crippen molar-refractivity contribution >= 4 is 0 Å². The maximum Gasteiger partial charge on any atom is 0.0673 e. The molecule has 0 bridgehead atoms. The van der Waals surface area contributed by atoms with Crippen molar-refractivity contribution in [3.63, 3.8) is 0 Å². The smallest absolute Gasteiger partial charge is 0.0673 e. The molecule has 0 saturated heterocycles. The fourth-order valence-electron chi connectivity index (χ4n) is 0.639. The molecule has 0 aromatic heterocycles. The van der Waals surface area contributed by atoms with Gasteiger partial charge < -0.3 is 0 Å². The van der Waals surface area contributed by atoms with E-state index in [1.54, 1.807) is 5.17 Å². The van der Waals surface area contributed by atoms with Crippen molar-refractivity contribution in [1.29, 1.82) is 0 Å². The van der Waals surface area contributed by atoms with Gasteiger partial charge in [-0.1, -0.05) is 0 Å². The molecule has 0 saturated carbocycles. The normalized spacial score (nSPS) is 11.3. The van der Waals surface area contributed by atoms with E-state index in [1.165, 1.54) is 0 Å². The molecule has 0 unspecified atom stereocenters. The van der Waals surface area contributed by atoms with Crippen LogP contribution in [0.4, 0.5) is 0 Å². The third kappa shape index (κ3) is 3.46. The predicted molar refractivity (Wildman–Crippen MR) is 37.7 cm³/mol. The Bertz CT molecular complexity index is 66.1. The van der Waals surface area contributed by atoms with Gasteiger partial charge in [0.15, 0.2) is 0 Å². The second kappa shape index (κ2) is 4.73. The minimum absolute atomic E-state index is 0.728. The van der Waals surface area contributed by atoms with Crippen LogP contribution in [0.15, 0.2) is 0 Å². The molecule has 0 atom stereocenters. The van der Waals surface area contributed by atoms with E-state index in [0.29, 0.717) is 0 Å². The average Bonchev–Trinajstić information content (AvgIpc) is 1.82. The molecule has 0 rings (SSSR count). The molecule has 0 spiro atoms. The fraction of sp³-hybridized carbons (Fsp3) is 1.00. The van der Waals surface area contributed by atoms with Crippen molar-refractivity contribution in [1.82, 2.24) is 10.2 Å². The Kier molecular flexibility index (Phi) is 4.67. The van der Waals surface area contributed by atoms with Crippen LogP contribution in [-0.2, 0) is 4.84 Å². The van der Waals surface area contributed by atoms with Crippen molar-refractivity contribution in [2.24, 2.45) is 0 Å². The van der Waals surface area contributed by atoms with Gasteiger partial charge in [-0.25, -0.2) is 5.01 Å². The first-order valence-corrected chi connectivity index (χ1v) is 3.30. The van der Waals surface area contributed by atoms with Crippen molar-refractivity contribution in [2.75, 3.05) is 27.2 Å². The van der Waals surface area contributed by atoms with Crippen molar-refractivity contribution in [3.8, 4) is 0 Å². The Morgan fingerprint density at radius 3 is 1.89 bits per heavy atom. The van der Waals surface area contributed by atoms with Gasteiger partial charge in [-0.05, 0) is 13.8 Å². The lowest BCUT2D eigenvalue weighted by Crippen LogP contribution is -2.36. The Morgan fingerprint density at radius 1 is 1.22 bits per heavy atom. The number of nitrogens with zero attached hydrogens (tertiary/aromatic N) is 2. The van der Waals surface area contributed by atoms with E-state index in [4.69, 9.17) is 4.84 Å². The summed E-state index contributed by atoms with van der Waals surface area (Å²) in [5, 5.41) is 3.73. The molecule has 3 heteroatoms. The Hall–Kier alpha value is -0.120. The molecule has 0 amide bonds. The van der Waals surface area contributed by atoms with Crippen LogP contribution >= 0.6 is 0 Å². The highest BCUT2D eigenvalue weighted by atomic mass is 16.7. The summed E-state index contributed by atoms with van der Waals surface area (Å²) in [7, 11) is 3.92. The van der Waals surface area contributed by atoms with Crippen LogP contribution in [0.3, 0.4) is 0 Å². The minimum Gasteiger partial charge on any atom is -0.284 e. The summed E-state index contributed by atoms with van der Waals surface area (Å²) in [5.41, 5.74) is 0. The lowest BCUT2D eigenvalue weighted by molar-refractivity contribution is -0.262. The van der Waals surface area contributed by atoms with Crippen molar-refractivity contribution < 1.29 is 4.84 Å². The van der Waals surface area contributed by atoms with Gasteiger partial charge in [-0.2, -0.15) is 0 Å². The highest BCUT2D eigenvalue weighted by Gasteiger charge is 2.01. The zero-order valence-electron chi connectivity index (χ0n) is 6.72. The topological polar surface area (TPSA) is 15.7 Å². The van der Waals surface area contributed by atoms with Gasteiger partial charge in [-0.3, -0.25) is 4.84 Å². The Morgan fingerprint density at radius 2 is 1.78 bits per heavy atom. The number of hydrogen-bond donors (Lipinski definition) is 0. The molecule has 0 aromatic carbocycles. The van der Waals surface area contributed by atoms with E-state index in [0.717, 1.165) is 13.2 Å². The minimum atomic E-state index is 0.728. The van der Waals surface area contributed by atoms with Crippen LogP contribution in [0.2, 0.25) is 0 Å². The Labute approximate surface area is 57.1 Å². The average molecular weight is 132 g/mol. The number of hydrogen-bond acceptors (Lipinski definition) is 3. The maximum absolute atomic E-state index is 5.21. The summed E-state index contributed by atoms with van der Waals surface area (Å²) in [6.45, 7) is 5.65. The molecule has 0 fully saturated rings. The second-order valence-electron chi connectivity index (χ2n) is 1.93. The summed E-state index contributed by atoms with van der Waals surface area (Å²) >= 11 is 0. The quantitative estimate of drug-likeness (QED) is 0.525. The third-order valence-electron chi connectivity index (χ3n) is 0.995. The third-order valence-corrected chi connectivity index (χ3v) is 0.995. The van der Waals surface area contributed by atoms with E-state index < -0.39 is 0 Å². The predicted octanol–water partition coefficient (Wildman–Crippen LogP) is 0.736. The molecule has 0 aliphatic heterocycles. The van der Waals surface area contributed by atoms with Crippen LogP contribution < -0.4 is 0 Å². The van der Waals surface area contributed by atoms with E-state index in [9.17, 15) is 0 Å². The lowest BCUT2D eigenvalue weighted by atomic mass is 10.8. The summed E-state index contributed by atoms with van der Waals surface area (Å²) < 4.78 is 0. The molecule has 0 aromatic rings. The molecule has 56 valence electrons. The molecule has 0 heterocycles. The van der Waals surface area contributed by atoms with Crippen LogP contribution in [0.25, 0.3) is 0 Å². The molecule has 0 aliphatic carbocycles. The van der Waals surface area contributed by atoms with Gasteiger partial charge in [0.25, 0.3) is 0 Å². The highest BCUT2D eigenvalue weighted by molar-refractivity contribution is 4.27. The van der Waals surface area contributed by atoms with E-state index in [1.807, 2.05) is 26.0 Å². The van der Waals surface area contributed by atoms with Crippen molar-refractivity contribution in [2.45, 2.75) is 13.8 Å². The number of hydrazine groups is 1. The van der Waals surface area contributed by atoms with Gasteiger partial charge in [0, 0.05) is 20.6 Å². The summed E-state index contributed by atoms with van der Waals surface area (Å²) in [6.07, 6.45) is 0. The molecule has 0 aliphatic rings. The zero-order valence-corrected chi connectivity index (χ0v) is 6.72. The van der Waals surface area contributed by atoms with Gasteiger partial charge in [-0.15, -0.1) is 5.17 Å². The van der Waals surface area contributed by atoms with Gasteiger partial charge in [0.2, 0.25) is 0 Å². The van der Waals surface area contributed by atoms with Crippen LogP contribution in [-0.4, -0.2) is 37.4 Å². The van der Waals surface area contributed by atoms with Gasteiger partial charge >= 0.3 is 0 Å². The lowest BCUT2D eigenvalue weighted by Gasteiger charge is -2.25. The van der Waals surface area contributed by atoms with Gasteiger partial charge in [0.1, 0.15) is 0 Å². The summed E-state index contributed by atoms with van der Waals surface area (Å²) in [4.78, 5) is 5.21. The molecule has 0 N–H and O–H groups in total.